The van der Waals surface area contributed by atoms with Gasteiger partial charge in [-0.25, -0.2) is 0 Å². The maximum atomic E-state index is 9.72. The normalized spacial score (nSPS) is 46.4. The summed E-state index contributed by atoms with van der Waals surface area (Å²) < 4.78 is 10.5. The molecule has 0 aromatic rings. The van der Waals surface area contributed by atoms with E-state index in [-0.39, 0.29) is 32.2 Å². The van der Waals surface area contributed by atoms with Crippen LogP contribution in [0.25, 0.3) is 0 Å². The van der Waals surface area contributed by atoms with E-state index in [0.717, 1.165) is 0 Å². The Kier molecular flexibility index (Phi) is 4.16. The van der Waals surface area contributed by atoms with E-state index in [1.807, 2.05) is 5.82 Å². The standard InChI is InChI=1S/C8H16O4Se/c1-4-5(9)6(10)7(13-3)8(11-2)12-4/h4-10H,1-3H3/t4-,5+,6+,7-,8+/m0/s1. The maximum absolute atomic E-state index is 9.72. The van der Waals surface area contributed by atoms with Gasteiger partial charge in [-0.2, -0.15) is 0 Å². The second-order valence-corrected chi connectivity index (χ2v) is 5.26. The van der Waals surface area contributed by atoms with Gasteiger partial charge in [-0.3, -0.25) is 0 Å². The van der Waals surface area contributed by atoms with Crippen molar-refractivity contribution in [1.82, 2.24) is 0 Å². The van der Waals surface area contributed by atoms with Gasteiger partial charge >= 0.3 is 83.9 Å². The minimum absolute atomic E-state index is 0.0799. The van der Waals surface area contributed by atoms with E-state index < -0.39 is 12.2 Å². The molecule has 2 N–H and O–H groups in total. The zero-order valence-electron chi connectivity index (χ0n) is 8.01. The van der Waals surface area contributed by atoms with Crippen molar-refractivity contribution in [3.63, 3.8) is 0 Å². The predicted octanol–water partition coefficient (Wildman–Crippen LogP) is -0.360. The van der Waals surface area contributed by atoms with Crippen molar-refractivity contribution < 1.29 is 19.7 Å². The topological polar surface area (TPSA) is 58.9 Å². The first-order valence-electron chi connectivity index (χ1n) is 4.19. The fraction of sp³-hybridized carbons (Fsp3) is 1.00. The first-order chi connectivity index (χ1) is 6.11. The van der Waals surface area contributed by atoms with Crippen molar-refractivity contribution in [1.29, 1.82) is 0 Å². The average molecular weight is 255 g/mol. The van der Waals surface area contributed by atoms with E-state index in [1.165, 1.54) is 0 Å². The van der Waals surface area contributed by atoms with Gasteiger partial charge in [0.1, 0.15) is 0 Å². The Balaban J connectivity index is 2.69. The average Bonchev–Trinajstić information content (AvgIpc) is 2.13. The number of aliphatic hydroxyl groups excluding tert-OH is 2. The summed E-state index contributed by atoms with van der Waals surface area (Å²) in [4.78, 5) is -0.0799. The molecule has 0 radical (unpaired) electrons. The molecule has 0 unspecified atom stereocenters. The Labute approximate surface area is 84.4 Å². The van der Waals surface area contributed by atoms with Gasteiger partial charge in [0.25, 0.3) is 0 Å². The van der Waals surface area contributed by atoms with Crippen LogP contribution >= 0.6 is 0 Å². The molecule has 13 heavy (non-hydrogen) atoms. The molecule has 1 rings (SSSR count). The summed E-state index contributed by atoms with van der Waals surface area (Å²) in [5.74, 6) is 2.00. The zero-order valence-corrected chi connectivity index (χ0v) is 9.72. The molecule has 78 valence electrons. The van der Waals surface area contributed by atoms with Crippen molar-refractivity contribution in [3.8, 4) is 0 Å². The summed E-state index contributed by atoms with van der Waals surface area (Å²) in [6.45, 7) is 1.73. The van der Waals surface area contributed by atoms with Crippen LogP contribution in [0.2, 0.25) is 10.6 Å². The van der Waals surface area contributed by atoms with Crippen molar-refractivity contribution in [2.75, 3.05) is 7.11 Å². The molecule has 0 bridgehead atoms. The molecule has 1 aliphatic heterocycles. The first-order valence-corrected chi connectivity index (χ1v) is 6.89. The quantitative estimate of drug-likeness (QED) is 0.662. The van der Waals surface area contributed by atoms with Crippen LogP contribution in [0.15, 0.2) is 0 Å². The summed E-state index contributed by atoms with van der Waals surface area (Å²) in [7, 11) is 1.56. The Bertz CT molecular complexity index is 164. The second-order valence-electron chi connectivity index (χ2n) is 3.13. The van der Waals surface area contributed by atoms with Crippen LogP contribution in [0.5, 0.6) is 0 Å². The molecule has 0 aromatic heterocycles. The third-order valence-corrected chi connectivity index (χ3v) is 4.48. The van der Waals surface area contributed by atoms with Crippen molar-refractivity contribution in [3.05, 3.63) is 0 Å². The molecular weight excluding hydrogens is 239 g/mol. The van der Waals surface area contributed by atoms with Gasteiger partial charge in [-0.1, -0.05) is 0 Å². The molecule has 1 fully saturated rings. The van der Waals surface area contributed by atoms with Gasteiger partial charge in [-0.15, -0.1) is 0 Å². The van der Waals surface area contributed by atoms with Crippen molar-refractivity contribution >= 4 is 15.0 Å². The zero-order chi connectivity index (χ0) is 10.0. The number of aliphatic hydroxyl groups is 2. The number of methoxy groups -OCH3 is 1. The Morgan fingerprint density at radius 1 is 1.31 bits per heavy atom. The van der Waals surface area contributed by atoms with E-state index in [0.29, 0.717) is 0 Å². The van der Waals surface area contributed by atoms with Crippen LogP contribution in [-0.2, 0) is 9.47 Å². The summed E-state index contributed by atoms with van der Waals surface area (Å²) in [6.07, 6.45) is -2.26. The third kappa shape index (κ3) is 2.24. The van der Waals surface area contributed by atoms with E-state index in [1.54, 1.807) is 14.0 Å². The molecule has 0 aliphatic carbocycles. The minimum atomic E-state index is -0.793. The van der Waals surface area contributed by atoms with Crippen LogP contribution < -0.4 is 0 Å². The molecule has 0 saturated carbocycles. The predicted molar refractivity (Wildman–Crippen MR) is 48.7 cm³/mol. The molecule has 1 aliphatic rings. The summed E-state index contributed by atoms with van der Waals surface area (Å²) in [5, 5.41) is 19.3. The fourth-order valence-corrected chi connectivity index (χ4v) is 3.20. The molecule has 4 nitrogen and oxygen atoms in total. The molecular formula is C8H16O4Se. The molecule has 5 heteroatoms. The summed E-state index contributed by atoms with van der Waals surface area (Å²) in [5.41, 5.74) is 0. The summed E-state index contributed by atoms with van der Waals surface area (Å²) >= 11 is 0.196. The summed E-state index contributed by atoms with van der Waals surface area (Å²) in [6, 6.07) is 0. The number of ether oxygens (including phenoxy) is 2. The number of hydrogen-bond donors (Lipinski definition) is 2. The van der Waals surface area contributed by atoms with E-state index >= 15 is 0 Å². The number of rotatable bonds is 2. The molecule has 0 amide bonds. The third-order valence-electron chi connectivity index (χ3n) is 2.29. The van der Waals surface area contributed by atoms with Gasteiger partial charge in [0.2, 0.25) is 0 Å². The Morgan fingerprint density at radius 2 is 1.92 bits per heavy atom. The van der Waals surface area contributed by atoms with Gasteiger partial charge in [-0.05, 0) is 0 Å². The van der Waals surface area contributed by atoms with E-state index in [4.69, 9.17) is 9.47 Å². The fourth-order valence-electron chi connectivity index (χ4n) is 1.44. The van der Waals surface area contributed by atoms with E-state index in [2.05, 4.69) is 0 Å². The van der Waals surface area contributed by atoms with Crippen LogP contribution in [-0.4, -0.2) is 56.9 Å². The monoisotopic (exact) mass is 256 g/mol. The van der Waals surface area contributed by atoms with Gasteiger partial charge in [0, 0.05) is 0 Å². The van der Waals surface area contributed by atoms with E-state index in [9.17, 15) is 10.2 Å². The molecule has 5 atom stereocenters. The SMILES string of the molecule is CO[C@@H]1O[C@@H](C)[C@@H](O)[C@@H](O)[C@@H]1[Se]C. The first kappa shape index (κ1) is 11.4. The van der Waals surface area contributed by atoms with Gasteiger partial charge < -0.3 is 0 Å². The van der Waals surface area contributed by atoms with Crippen LogP contribution in [0.4, 0.5) is 0 Å². The van der Waals surface area contributed by atoms with Crippen LogP contribution in [0.1, 0.15) is 6.92 Å². The molecule has 0 spiro atoms. The van der Waals surface area contributed by atoms with Crippen LogP contribution in [0, 0.1) is 0 Å². The van der Waals surface area contributed by atoms with Gasteiger partial charge in [0.15, 0.2) is 0 Å². The molecule has 1 saturated heterocycles. The van der Waals surface area contributed by atoms with Crippen molar-refractivity contribution in [2.24, 2.45) is 0 Å². The molecule has 1 heterocycles. The number of hydrogen-bond acceptors (Lipinski definition) is 4. The van der Waals surface area contributed by atoms with Gasteiger partial charge in [0.05, 0.1) is 0 Å². The molecule has 0 aromatic carbocycles. The Morgan fingerprint density at radius 3 is 2.38 bits per heavy atom. The van der Waals surface area contributed by atoms with Crippen LogP contribution in [0.3, 0.4) is 0 Å². The van der Waals surface area contributed by atoms with Crippen molar-refractivity contribution in [2.45, 2.75) is 42.2 Å². The second kappa shape index (κ2) is 4.73. The Hall–Kier alpha value is 0.359.